The molecule has 0 saturated heterocycles. The van der Waals surface area contributed by atoms with Crippen molar-refractivity contribution in [1.82, 2.24) is 9.88 Å². The minimum Gasteiger partial charge on any atom is -0.302 e. The minimum absolute atomic E-state index is 0. The Hall–Kier alpha value is -0.890. The van der Waals surface area contributed by atoms with E-state index in [0.29, 0.717) is 27.5 Å². The maximum absolute atomic E-state index is 13.1. The van der Waals surface area contributed by atoms with Crippen LogP contribution in [0.3, 0.4) is 0 Å². The summed E-state index contributed by atoms with van der Waals surface area (Å²) in [4.78, 5) is 22.8. The van der Waals surface area contributed by atoms with E-state index in [1.807, 2.05) is 30.3 Å². The third-order valence-corrected chi connectivity index (χ3v) is 6.96. The second-order valence-electron chi connectivity index (χ2n) is 6.04. The predicted molar refractivity (Wildman–Crippen MR) is 125 cm³/mol. The molecule has 2 aromatic heterocycles. The van der Waals surface area contributed by atoms with Gasteiger partial charge in [-0.3, -0.25) is 9.69 Å². The summed E-state index contributed by atoms with van der Waals surface area (Å²) in [6.45, 7) is 7.54. The van der Waals surface area contributed by atoms with E-state index in [4.69, 9.17) is 23.2 Å². The lowest BCUT2D eigenvalue weighted by atomic mass is 10.3. The molecule has 0 spiro atoms. The van der Waals surface area contributed by atoms with E-state index in [2.05, 4.69) is 23.7 Å². The number of carbonyl (C=O) groups is 1. The summed E-state index contributed by atoms with van der Waals surface area (Å²) < 4.78 is 1.68. The molecule has 2 heterocycles. The summed E-state index contributed by atoms with van der Waals surface area (Å²) >= 11 is 15.2. The van der Waals surface area contributed by atoms with Gasteiger partial charge in [0.05, 0.1) is 20.5 Å². The van der Waals surface area contributed by atoms with Gasteiger partial charge in [-0.05, 0) is 37.4 Å². The zero-order chi connectivity index (χ0) is 19.4. The van der Waals surface area contributed by atoms with Crippen molar-refractivity contribution in [2.45, 2.75) is 20.3 Å². The Morgan fingerprint density at radius 2 is 1.82 bits per heavy atom. The van der Waals surface area contributed by atoms with Gasteiger partial charge >= 0.3 is 0 Å². The van der Waals surface area contributed by atoms with Crippen LogP contribution in [-0.2, 0) is 11.2 Å². The molecular formula is C19H22Cl3N3OS2. The van der Waals surface area contributed by atoms with Gasteiger partial charge in [0, 0.05) is 18.0 Å². The summed E-state index contributed by atoms with van der Waals surface area (Å²) in [6, 6.07) is 9.44. The van der Waals surface area contributed by atoms with Gasteiger partial charge in [0.1, 0.15) is 5.52 Å². The number of benzene rings is 1. The Kier molecular flexibility index (Phi) is 8.99. The molecular weight excluding hydrogens is 457 g/mol. The first-order chi connectivity index (χ1) is 13.0. The van der Waals surface area contributed by atoms with Gasteiger partial charge in [0.2, 0.25) is 5.91 Å². The molecule has 0 saturated carbocycles. The summed E-state index contributed by atoms with van der Waals surface area (Å²) in [7, 11) is 0. The van der Waals surface area contributed by atoms with Gasteiger partial charge in [-0.1, -0.05) is 54.5 Å². The average molecular weight is 479 g/mol. The molecule has 4 nitrogen and oxygen atoms in total. The minimum atomic E-state index is 0. The Morgan fingerprint density at radius 3 is 2.43 bits per heavy atom. The number of halogens is 3. The number of nitrogens with zero attached hydrogens (tertiary/aromatic N) is 3. The van der Waals surface area contributed by atoms with Crippen LogP contribution in [0.2, 0.25) is 9.36 Å². The van der Waals surface area contributed by atoms with Crippen molar-refractivity contribution in [3.8, 4) is 0 Å². The Bertz CT molecular complexity index is 924. The largest absolute Gasteiger partial charge is 0.302 e. The van der Waals surface area contributed by atoms with Crippen LogP contribution >= 0.6 is 58.3 Å². The molecule has 0 aliphatic carbocycles. The number of hydrogen-bond donors (Lipinski definition) is 0. The fourth-order valence-corrected chi connectivity index (χ4v) is 5.21. The SMILES string of the molecule is CCN(CC)CCN(C(=O)Cc1ccc(Cl)s1)c1nc2c(Cl)cccc2s1.Cl. The van der Waals surface area contributed by atoms with Gasteiger partial charge in [0.15, 0.2) is 5.13 Å². The highest BCUT2D eigenvalue weighted by molar-refractivity contribution is 7.22. The van der Waals surface area contributed by atoms with Crippen molar-refractivity contribution < 1.29 is 4.79 Å². The molecule has 0 aliphatic rings. The number of fused-ring (bicyclic) bond motifs is 1. The van der Waals surface area contributed by atoms with Crippen LogP contribution in [0.4, 0.5) is 5.13 Å². The molecule has 3 rings (SSSR count). The lowest BCUT2D eigenvalue weighted by molar-refractivity contribution is -0.118. The van der Waals surface area contributed by atoms with Gasteiger partial charge in [-0.25, -0.2) is 4.98 Å². The summed E-state index contributed by atoms with van der Waals surface area (Å²) in [5, 5.41) is 1.30. The van der Waals surface area contributed by atoms with E-state index >= 15 is 0 Å². The molecule has 3 aromatic rings. The Labute approximate surface area is 189 Å². The first kappa shape index (κ1) is 23.4. The molecule has 0 aliphatic heterocycles. The fourth-order valence-electron chi connectivity index (χ4n) is 2.82. The summed E-state index contributed by atoms with van der Waals surface area (Å²) in [5.41, 5.74) is 0.749. The fraction of sp³-hybridized carbons (Fsp3) is 0.368. The van der Waals surface area contributed by atoms with Crippen LogP contribution in [0.1, 0.15) is 18.7 Å². The van der Waals surface area contributed by atoms with Crippen LogP contribution in [0.15, 0.2) is 30.3 Å². The lowest BCUT2D eigenvalue weighted by Crippen LogP contribution is -2.39. The predicted octanol–water partition coefficient (Wildman–Crippen LogP) is 6.00. The monoisotopic (exact) mass is 477 g/mol. The van der Waals surface area contributed by atoms with Crippen molar-refractivity contribution in [3.05, 3.63) is 44.6 Å². The molecule has 1 amide bonds. The van der Waals surface area contributed by atoms with Crippen LogP contribution < -0.4 is 4.90 Å². The zero-order valence-corrected chi connectivity index (χ0v) is 19.6. The number of thiophene rings is 1. The van der Waals surface area contributed by atoms with Crippen LogP contribution in [0.25, 0.3) is 10.2 Å². The second kappa shape index (κ2) is 10.8. The van der Waals surface area contributed by atoms with Crippen LogP contribution in [0, 0.1) is 0 Å². The van der Waals surface area contributed by atoms with E-state index in [0.717, 1.165) is 34.7 Å². The Morgan fingerprint density at radius 1 is 1.07 bits per heavy atom. The highest BCUT2D eigenvalue weighted by Crippen LogP contribution is 2.33. The van der Waals surface area contributed by atoms with Crippen molar-refractivity contribution in [1.29, 1.82) is 0 Å². The normalized spacial score (nSPS) is 11.0. The standard InChI is InChI=1S/C19H21Cl2N3OS2.ClH/c1-3-23(4-2)10-11-24(17(25)12-13-8-9-16(21)26-13)19-22-18-14(20)6-5-7-15(18)27-19;/h5-9H,3-4,10-12H2,1-2H3;1H. The highest BCUT2D eigenvalue weighted by atomic mass is 35.5. The van der Waals surface area contributed by atoms with Gasteiger partial charge in [-0.15, -0.1) is 23.7 Å². The third kappa shape index (κ3) is 5.59. The van der Waals surface area contributed by atoms with Crippen LogP contribution in [-0.4, -0.2) is 42.0 Å². The molecule has 0 fully saturated rings. The molecule has 28 heavy (non-hydrogen) atoms. The maximum atomic E-state index is 13.1. The molecule has 0 radical (unpaired) electrons. The number of rotatable bonds is 8. The molecule has 1 aromatic carbocycles. The maximum Gasteiger partial charge on any atom is 0.234 e. The van der Waals surface area contributed by atoms with E-state index in [1.165, 1.54) is 22.7 Å². The molecule has 0 N–H and O–H groups in total. The van der Waals surface area contributed by atoms with E-state index in [9.17, 15) is 4.79 Å². The topological polar surface area (TPSA) is 36.4 Å². The molecule has 152 valence electrons. The number of likely N-dealkylation sites (N-methyl/N-ethyl adjacent to an activating group) is 1. The summed E-state index contributed by atoms with van der Waals surface area (Å²) in [6.07, 6.45) is 0.319. The summed E-state index contributed by atoms with van der Waals surface area (Å²) in [5.74, 6) is 0.0239. The molecule has 0 unspecified atom stereocenters. The van der Waals surface area contributed by atoms with Crippen molar-refractivity contribution in [3.63, 3.8) is 0 Å². The third-order valence-electron chi connectivity index (χ3n) is 4.38. The zero-order valence-electron chi connectivity index (χ0n) is 15.7. The highest BCUT2D eigenvalue weighted by Gasteiger charge is 2.22. The van der Waals surface area contributed by atoms with Gasteiger partial charge in [-0.2, -0.15) is 0 Å². The van der Waals surface area contributed by atoms with Crippen molar-refractivity contribution >= 4 is 79.5 Å². The number of hydrogen-bond acceptors (Lipinski definition) is 5. The quantitative estimate of drug-likeness (QED) is 0.398. The molecule has 9 heteroatoms. The average Bonchev–Trinajstić information content (AvgIpc) is 3.25. The second-order valence-corrected chi connectivity index (χ2v) is 9.25. The lowest BCUT2D eigenvalue weighted by Gasteiger charge is -2.24. The first-order valence-corrected chi connectivity index (χ1v) is 11.2. The number of amides is 1. The number of carbonyl (C=O) groups excluding carboxylic acids is 1. The van der Waals surface area contributed by atoms with Gasteiger partial charge in [0.25, 0.3) is 0 Å². The Balaban J connectivity index is 0.00000280. The van der Waals surface area contributed by atoms with E-state index in [1.54, 1.807) is 4.90 Å². The number of aromatic nitrogens is 1. The van der Waals surface area contributed by atoms with Crippen molar-refractivity contribution in [2.75, 3.05) is 31.1 Å². The molecule has 0 bridgehead atoms. The van der Waals surface area contributed by atoms with Crippen LogP contribution in [0.5, 0.6) is 0 Å². The molecule has 0 atom stereocenters. The number of anilines is 1. The first-order valence-electron chi connectivity index (χ1n) is 8.83. The van der Waals surface area contributed by atoms with Gasteiger partial charge < -0.3 is 4.90 Å². The smallest absolute Gasteiger partial charge is 0.234 e. The number of para-hydroxylation sites is 1. The number of thiazole rings is 1. The van der Waals surface area contributed by atoms with E-state index in [-0.39, 0.29) is 18.3 Å². The van der Waals surface area contributed by atoms with Crippen molar-refractivity contribution in [2.24, 2.45) is 0 Å². The van der Waals surface area contributed by atoms with E-state index < -0.39 is 0 Å².